The van der Waals surface area contributed by atoms with E-state index in [2.05, 4.69) is 10.3 Å². The minimum absolute atomic E-state index is 0.0950. The van der Waals surface area contributed by atoms with Crippen LogP contribution in [0.15, 0.2) is 42.6 Å². The highest BCUT2D eigenvalue weighted by Gasteiger charge is 2.31. The van der Waals surface area contributed by atoms with Crippen LogP contribution in [-0.4, -0.2) is 23.5 Å². The Morgan fingerprint density at radius 2 is 2.04 bits per heavy atom. The maximum Gasteiger partial charge on any atom is 0.417 e. The fourth-order valence-electron chi connectivity index (χ4n) is 2.20. The van der Waals surface area contributed by atoms with E-state index in [9.17, 15) is 28.0 Å². The molecule has 0 aliphatic carbocycles. The Kier molecular flexibility index (Phi) is 6.13. The number of amides is 1. The van der Waals surface area contributed by atoms with Gasteiger partial charge in [-0.1, -0.05) is 12.1 Å². The number of nitrogens with one attached hydrogen (secondary N) is 1. The van der Waals surface area contributed by atoms with Crippen LogP contribution in [0.4, 0.5) is 23.7 Å². The quantitative estimate of drug-likeness (QED) is 0.790. The van der Waals surface area contributed by atoms with Crippen molar-refractivity contribution >= 4 is 17.6 Å². The van der Waals surface area contributed by atoms with Gasteiger partial charge in [-0.2, -0.15) is 18.4 Å². The molecule has 0 radical (unpaired) electrons. The topological polar surface area (TPSA) is 92.1 Å². The fourth-order valence-corrected chi connectivity index (χ4v) is 2.20. The summed E-state index contributed by atoms with van der Waals surface area (Å²) in [6.45, 7) is 1.80. The number of aromatic nitrogens is 1. The average molecular weight is 377 g/mol. The normalized spacial score (nSPS) is 12.0. The van der Waals surface area contributed by atoms with Crippen molar-refractivity contribution in [3.63, 3.8) is 0 Å². The zero-order chi connectivity index (χ0) is 20.0. The molecule has 1 aromatic heterocycles. The fraction of sp³-hybridized carbons (Fsp3) is 0.222. The van der Waals surface area contributed by atoms with Crippen molar-refractivity contribution in [1.29, 1.82) is 5.26 Å². The van der Waals surface area contributed by atoms with Crippen molar-refractivity contribution in [2.45, 2.75) is 19.0 Å². The molecule has 1 heterocycles. The maximum absolute atomic E-state index is 12.6. The molecule has 2 aromatic rings. The number of nitrogens with zero attached hydrogens (tertiary/aromatic N) is 2. The lowest BCUT2D eigenvalue weighted by atomic mass is 9.95. The van der Waals surface area contributed by atoms with Crippen LogP contribution in [0.2, 0.25) is 0 Å². The summed E-state index contributed by atoms with van der Waals surface area (Å²) < 4.78 is 42.6. The van der Waals surface area contributed by atoms with Gasteiger partial charge in [0.25, 0.3) is 0 Å². The smallest absolute Gasteiger partial charge is 0.417 e. The van der Waals surface area contributed by atoms with E-state index in [0.29, 0.717) is 6.20 Å². The molecule has 1 amide bonds. The first-order valence-electron chi connectivity index (χ1n) is 7.77. The predicted molar refractivity (Wildman–Crippen MR) is 89.0 cm³/mol. The number of alkyl halides is 3. The number of carbonyl (C=O) groups excluding carboxylic acids is 2. The van der Waals surface area contributed by atoms with Crippen molar-refractivity contribution in [2.24, 2.45) is 0 Å². The van der Waals surface area contributed by atoms with E-state index in [1.165, 1.54) is 24.3 Å². The highest BCUT2D eigenvalue weighted by Crippen LogP contribution is 2.29. The summed E-state index contributed by atoms with van der Waals surface area (Å²) in [4.78, 5) is 27.6. The number of anilines is 1. The average Bonchev–Trinajstić information content (AvgIpc) is 2.62. The van der Waals surface area contributed by atoms with Gasteiger partial charge in [0.15, 0.2) is 11.7 Å². The monoisotopic (exact) mass is 377 g/mol. The Balaban J connectivity index is 2.24. The minimum atomic E-state index is -4.56. The van der Waals surface area contributed by atoms with Crippen LogP contribution < -0.4 is 5.32 Å². The van der Waals surface area contributed by atoms with Crippen LogP contribution in [0.25, 0.3) is 0 Å². The van der Waals surface area contributed by atoms with Crippen LogP contribution >= 0.6 is 0 Å². The van der Waals surface area contributed by atoms with E-state index in [1.807, 2.05) is 0 Å². The molecule has 9 heteroatoms. The molecule has 0 saturated heterocycles. The van der Waals surface area contributed by atoms with E-state index in [-0.39, 0.29) is 23.6 Å². The molecule has 0 saturated carbocycles. The lowest BCUT2D eigenvalue weighted by molar-refractivity contribution is -0.137. The second-order valence-electron chi connectivity index (χ2n) is 5.32. The van der Waals surface area contributed by atoms with Crippen LogP contribution in [0, 0.1) is 11.3 Å². The van der Waals surface area contributed by atoms with Gasteiger partial charge in [0, 0.05) is 17.4 Å². The Hall–Kier alpha value is -3.41. The van der Waals surface area contributed by atoms with Crippen molar-refractivity contribution in [3.8, 4) is 6.07 Å². The zero-order valence-corrected chi connectivity index (χ0v) is 14.1. The lowest BCUT2D eigenvalue weighted by Crippen LogP contribution is -2.16. The summed E-state index contributed by atoms with van der Waals surface area (Å²) in [5.74, 6) is -2.04. The Bertz CT molecular complexity index is 874. The van der Waals surface area contributed by atoms with Crippen molar-refractivity contribution in [1.82, 2.24) is 4.98 Å². The number of rotatable bonds is 5. The number of carbonyl (C=O) groups is 2. The van der Waals surface area contributed by atoms with Gasteiger partial charge in [-0.3, -0.25) is 15.1 Å². The molecule has 1 atom stereocenters. The third-order valence-electron chi connectivity index (χ3n) is 3.47. The largest absolute Gasteiger partial charge is 0.450 e. The standard InChI is InChI=1S/C18H14F3N3O3/c1-2-27-17(26)24-13-5-3-4-11(8-13)16(25)14(9-22)15-7-6-12(10-23-15)18(19,20)21/h3-8,10,14H,2H2,1H3,(H,24,26). The Morgan fingerprint density at radius 3 is 2.59 bits per heavy atom. The van der Waals surface area contributed by atoms with Crippen LogP contribution in [-0.2, 0) is 10.9 Å². The highest BCUT2D eigenvalue weighted by molar-refractivity contribution is 6.03. The van der Waals surface area contributed by atoms with Crippen LogP contribution in [0.3, 0.4) is 0 Å². The van der Waals surface area contributed by atoms with Gasteiger partial charge >= 0.3 is 12.3 Å². The minimum Gasteiger partial charge on any atom is -0.450 e. The molecule has 0 fully saturated rings. The summed E-state index contributed by atoms with van der Waals surface area (Å²) in [7, 11) is 0. The highest BCUT2D eigenvalue weighted by atomic mass is 19.4. The Labute approximate surface area is 152 Å². The number of benzene rings is 1. The van der Waals surface area contributed by atoms with Gasteiger partial charge in [0.2, 0.25) is 0 Å². The first-order chi connectivity index (χ1) is 12.8. The molecule has 140 valence electrons. The van der Waals surface area contributed by atoms with E-state index < -0.39 is 29.5 Å². The third-order valence-corrected chi connectivity index (χ3v) is 3.47. The molecule has 0 spiro atoms. The Morgan fingerprint density at radius 1 is 1.30 bits per heavy atom. The van der Waals surface area contributed by atoms with Crippen LogP contribution in [0.1, 0.15) is 34.5 Å². The third kappa shape index (κ3) is 5.04. The molecule has 6 nitrogen and oxygen atoms in total. The van der Waals surface area contributed by atoms with Crippen molar-refractivity contribution in [3.05, 3.63) is 59.4 Å². The molecule has 0 aliphatic heterocycles. The molecule has 27 heavy (non-hydrogen) atoms. The molecular formula is C18H14F3N3O3. The van der Waals surface area contributed by atoms with E-state index in [1.54, 1.807) is 13.0 Å². The van der Waals surface area contributed by atoms with Crippen molar-refractivity contribution in [2.75, 3.05) is 11.9 Å². The first-order valence-corrected chi connectivity index (χ1v) is 7.77. The number of Topliss-reactive ketones (excluding diaryl/α,β-unsaturated/α-hetero) is 1. The summed E-state index contributed by atoms with van der Waals surface area (Å²) in [6, 6.07) is 9.28. The summed E-state index contributed by atoms with van der Waals surface area (Å²) in [5.41, 5.74) is -0.704. The first kappa shape index (κ1) is 19.9. The maximum atomic E-state index is 12.6. The zero-order valence-electron chi connectivity index (χ0n) is 14.1. The van der Waals surface area contributed by atoms with Gasteiger partial charge in [0.1, 0.15) is 0 Å². The number of ketones is 1. The summed E-state index contributed by atoms with van der Waals surface area (Å²) >= 11 is 0. The summed E-state index contributed by atoms with van der Waals surface area (Å²) in [6.07, 6.45) is -4.69. The predicted octanol–water partition coefficient (Wildman–Crippen LogP) is 4.16. The lowest BCUT2D eigenvalue weighted by Gasteiger charge is -2.11. The van der Waals surface area contributed by atoms with Gasteiger partial charge in [-0.05, 0) is 31.2 Å². The SMILES string of the molecule is CCOC(=O)Nc1cccc(C(=O)C(C#N)c2ccc(C(F)(F)F)cn2)c1. The van der Waals surface area contributed by atoms with E-state index in [4.69, 9.17) is 4.74 Å². The second-order valence-corrected chi connectivity index (χ2v) is 5.32. The molecule has 1 N–H and O–H groups in total. The number of ether oxygens (including phenoxy) is 1. The van der Waals surface area contributed by atoms with Gasteiger partial charge in [-0.25, -0.2) is 4.79 Å². The molecular weight excluding hydrogens is 363 g/mol. The number of nitriles is 1. The van der Waals surface area contributed by atoms with E-state index in [0.717, 1.165) is 12.1 Å². The second kappa shape index (κ2) is 8.31. The van der Waals surface area contributed by atoms with Gasteiger partial charge in [-0.15, -0.1) is 0 Å². The molecule has 0 aliphatic rings. The molecule has 2 rings (SSSR count). The number of pyridine rings is 1. The summed E-state index contributed by atoms with van der Waals surface area (Å²) in [5, 5.41) is 11.7. The molecule has 1 aromatic carbocycles. The van der Waals surface area contributed by atoms with Gasteiger partial charge in [0.05, 0.1) is 23.9 Å². The molecule has 0 bridgehead atoms. The van der Waals surface area contributed by atoms with Crippen LogP contribution in [0.5, 0.6) is 0 Å². The number of hydrogen-bond acceptors (Lipinski definition) is 5. The van der Waals surface area contributed by atoms with E-state index >= 15 is 0 Å². The number of hydrogen-bond donors (Lipinski definition) is 1. The number of halogens is 3. The van der Waals surface area contributed by atoms with Gasteiger partial charge < -0.3 is 4.74 Å². The molecule has 1 unspecified atom stereocenters. The van der Waals surface area contributed by atoms with Crippen molar-refractivity contribution < 1.29 is 27.5 Å².